The first-order chi connectivity index (χ1) is 9.69. The minimum atomic E-state index is -0.412. The predicted octanol–water partition coefficient (Wildman–Crippen LogP) is 3.84. The van der Waals surface area contributed by atoms with E-state index in [4.69, 9.17) is 9.47 Å². The molecule has 21 heavy (non-hydrogen) atoms. The number of rotatable bonds is 2. The zero-order valence-corrected chi connectivity index (χ0v) is 14.3. The van der Waals surface area contributed by atoms with E-state index in [0.29, 0.717) is 17.4 Å². The van der Waals surface area contributed by atoms with Gasteiger partial charge in [-0.25, -0.2) is 4.79 Å². The van der Waals surface area contributed by atoms with E-state index in [1.54, 1.807) is 0 Å². The summed E-state index contributed by atoms with van der Waals surface area (Å²) < 4.78 is 11.5. The zero-order chi connectivity index (χ0) is 15.7. The molecule has 122 valence electrons. The Morgan fingerprint density at radius 2 is 1.95 bits per heavy atom. The van der Waals surface area contributed by atoms with E-state index in [1.807, 2.05) is 25.7 Å². The minimum Gasteiger partial charge on any atom is -0.444 e. The SMILES string of the molecule is CC(C)CC1CC2(CCN(C(=O)OC(C)(C)C)CC2)CO1. The van der Waals surface area contributed by atoms with Crippen molar-refractivity contribution in [2.24, 2.45) is 11.3 Å². The molecule has 1 amide bonds. The Bertz CT molecular complexity index is 365. The molecule has 0 N–H and O–H groups in total. The van der Waals surface area contributed by atoms with E-state index < -0.39 is 5.60 Å². The maximum absolute atomic E-state index is 12.1. The Balaban J connectivity index is 1.82. The number of ether oxygens (including phenoxy) is 2. The van der Waals surface area contributed by atoms with Crippen molar-refractivity contribution in [3.8, 4) is 0 Å². The molecule has 0 aromatic heterocycles. The number of hydrogen-bond donors (Lipinski definition) is 0. The fourth-order valence-electron chi connectivity index (χ4n) is 3.41. The summed E-state index contributed by atoms with van der Waals surface area (Å²) in [5, 5.41) is 0. The third-order valence-corrected chi connectivity index (χ3v) is 4.50. The van der Waals surface area contributed by atoms with Crippen molar-refractivity contribution in [3.05, 3.63) is 0 Å². The normalized spacial score (nSPS) is 25.6. The van der Waals surface area contributed by atoms with Gasteiger partial charge < -0.3 is 14.4 Å². The molecule has 1 unspecified atom stereocenters. The van der Waals surface area contributed by atoms with Crippen molar-refractivity contribution in [3.63, 3.8) is 0 Å². The number of amides is 1. The van der Waals surface area contributed by atoms with E-state index in [2.05, 4.69) is 13.8 Å². The highest BCUT2D eigenvalue weighted by atomic mass is 16.6. The smallest absolute Gasteiger partial charge is 0.410 e. The highest BCUT2D eigenvalue weighted by Crippen LogP contribution is 2.43. The molecule has 0 aromatic rings. The summed E-state index contributed by atoms with van der Waals surface area (Å²) in [5.74, 6) is 0.687. The van der Waals surface area contributed by atoms with E-state index in [1.165, 1.54) is 0 Å². The van der Waals surface area contributed by atoms with Crippen molar-refractivity contribution in [1.29, 1.82) is 0 Å². The van der Waals surface area contributed by atoms with Crippen molar-refractivity contribution in [1.82, 2.24) is 4.90 Å². The van der Waals surface area contributed by atoms with Crippen molar-refractivity contribution in [2.75, 3.05) is 19.7 Å². The Hall–Kier alpha value is -0.770. The molecule has 0 saturated carbocycles. The second-order valence-electron chi connectivity index (χ2n) is 8.23. The molecule has 1 spiro atoms. The van der Waals surface area contributed by atoms with Gasteiger partial charge in [-0.05, 0) is 57.8 Å². The molecular formula is C17H31NO3. The van der Waals surface area contributed by atoms with Crippen LogP contribution in [0.15, 0.2) is 0 Å². The fraction of sp³-hybridized carbons (Fsp3) is 0.941. The van der Waals surface area contributed by atoms with Gasteiger partial charge in [0, 0.05) is 13.1 Å². The van der Waals surface area contributed by atoms with Crippen LogP contribution in [0.4, 0.5) is 4.79 Å². The van der Waals surface area contributed by atoms with Gasteiger partial charge in [-0.1, -0.05) is 13.8 Å². The molecule has 4 heteroatoms. The number of carbonyl (C=O) groups excluding carboxylic acids is 1. The molecule has 1 atom stereocenters. The second-order valence-corrected chi connectivity index (χ2v) is 8.23. The first-order valence-corrected chi connectivity index (χ1v) is 8.29. The summed E-state index contributed by atoms with van der Waals surface area (Å²) in [6.45, 7) is 12.7. The molecule has 4 nitrogen and oxygen atoms in total. The molecule has 0 aliphatic carbocycles. The number of piperidine rings is 1. The third-order valence-electron chi connectivity index (χ3n) is 4.50. The highest BCUT2D eigenvalue weighted by molar-refractivity contribution is 5.68. The lowest BCUT2D eigenvalue weighted by atomic mass is 9.76. The van der Waals surface area contributed by atoms with Crippen LogP contribution in [0.2, 0.25) is 0 Å². The summed E-state index contributed by atoms with van der Waals surface area (Å²) in [7, 11) is 0. The van der Waals surface area contributed by atoms with Crippen LogP contribution in [0.1, 0.15) is 60.3 Å². The van der Waals surface area contributed by atoms with Gasteiger partial charge in [-0.15, -0.1) is 0 Å². The van der Waals surface area contributed by atoms with Crippen molar-refractivity contribution in [2.45, 2.75) is 72.0 Å². The van der Waals surface area contributed by atoms with Gasteiger partial charge in [-0.2, -0.15) is 0 Å². The predicted molar refractivity (Wildman–Crippen MR) is 83.3 cm³/mol. The molecule has 2 fully saturated rings. The fourth-order valence-corrected chi connectivity index (χ4v) is 3.41. The van der Waals surface area contributed by atoms with Gasteiger partial charge in [0.25, 0.3) is 0 Å². The lowest BCUT2D eigenvalue weighted by Gasteiger charge is -2.38. The van der Waals surface area contributed by atoms with Gasteiger partial charge in [0.2, 0.25) is 0 Å². The molecule has 2 rings (SSSR count). The van der Waals surface area contributed by atoms with Crippen LogP contribution < -0.4 is 0 Å². The molecule has 2 saturated heterocycles. The quantitative estimate of drug-likeness (QED) is 0.777. The van der Waals surface area contributed by atoms with Crippen LogP contribution in [-0.2, 0) is 9.47 Å². The number of hydrogen-bond acceptors (Lipinski definition) is 3. The first kappa shape index (κ1) is 16.6. The topological polar surface area (TPSA) is 38.8 Å². The lowest BCUT2D eigenvalue weighted by molar-refractivity contribution is 0.00765. The van der Waals surface area contributed by atoms with Crippen LogP contribution in [0.3, 0.4) is 0 Å². The largest absolute Gasteiger partial charge is 0.444 e. The molecular weight excluding hydrogens is 266 g/mol. The number of nitrogens with zero attached hydrogens (tertiary/aromatic N) is 1. The first-order valence-electron chi connectivity index (χ1n) is 8.29. The zero-order valence-electron chi connectivity index (χ0n) is 14.3. The van der Waals surface area contributed by atoms with E-state index in [9.17, 15) is 4.79 Å². The van der Waals surface area contributed by atoms with Crippen LogP contribution in [0.25, 0.3) is 0 Å². The van der Waals surface area contributed by atoms with Crippen LogP contribution in [-0.4, -0.2) is 42.4 Å². The van der Waals surface area contributed by atoms with E-state index in [0.717, 1.165) is 45.4 Å². The van der Waals surface area contributed by atoms with E-state index in [-0.39, 0.29) is 6.09 Å². The Kier molecular flexibility index (Phi) is 4.86. The summed E-state index contributed by atoms with van der Waals surface area (Å²) >= 11 is 0. The van der Waals surface area contributed by atoms with Gasteiger partial charge >= 0.3 is 6.09 Å². The molecule has 0 radical (unpaired) electrons. The number of likely N-dealkylation sites (tertiary alicyclic amines) is 1. The lowest BCUT2D eigenvalue weighted by Crippen LogP contribution is -2.45. The van der Waals surface area contributed by atoms with E-state index >= 15 is 0 Å². The molecule has 2 aliphatic rings. The Labute approximate surface area is 129 Å². The molecule has 0 bridgehead atoms. The van der Waals surface area contributed by atoms with Gasteiger partial charge in [0.15, 0.2) is 0 Å². The van der Waals surface area contributed by atoms with Crippen molar-refractivity contribution >= 4 is 6.09 Å². The average molecular weight is 297 g/mol. The number of carbonyl (C=O) groups is 1. The molecule has 2 heterocycles. The summed E-state index contributed by atoms with van der Waals surface area (Å²) in [6.07, 6.45) is 4.64. The average Bonchev–Trinajstić information content (AvgIpc) is 2.70. The molecule has 0 aromatic carbocycles. The maximum atomic E-state index is 12.1. The van der Waals surface area contributed by atoms with Gasteiger partial charge in [0.05, 0.1) is 12.7 Å². The summed E-state index contributed by atoms with van der Waals surface area (Å²) in [4.78, 5) is 14.0. The second kappa shape index (κ2) is 6.15. The third kappa shape index (κ3) is 4.60. The maximum Gasteiger partial charge on any atom is 0.410 e. The monoisotopic (exact) mass is 297 g/mol. The Morgan fingerprint density at radius 1 is 1.33 bits per heavy atom. The van der Waals surface area contributed by atoms with Crippen LogP contribution >= 0.6 is 0 Å². The minimum absolute atomic E-state index is 0.171. The van der Waals surface area contributed by atoms with Gasteiger partial charge in [-0.3, -0.25) is 0 Å². The highest BCUT2D eigenvalue weighted by Gasteiger charge is 2.43. The Morgan fingerprint density at radius 3 is 2.48 bits per heavy atom. The van der Waals surface area contributed by atoms with Crippen LogP contribution in [0, 0.1) is 11.3 Å². The summed E-state index contributed by atoms with van der Waals surface area (Å²) in [5.41, 5.74) is -0.108. The van der Waals surface area contributed by atoms with Gasteiger partial charge in [0.1, 0.15) is 5.60 Å². The van der Waals surface area contributed by atoms with Crippen LogP contribution in [0.5, 0.6) is 0 Å². The summed E-state index contributed by atoms with van der Waals surface area (Å²) in [6, 6.07) is 0. The molecule has 2 aliphatic heterocycles. The standard InChI is InChI=1S/C17H31NO3/c1-13(2)10-14-11-17(12-20-14)6-8-18(9-7-17)15(19)21-16(3,4)5/h13-14H,6-12H2,1-5H3. The van der Waals surface area contributed by atoms with Crippen molar-refractivity contribution < 1.29 is 14.3 Å².